The van der Waals surface area contributed by atoms with Crippen LogP contribution >= 0.6 is 12.2 Å². The summed E-state index contributed by atoms with van der Waals surface area (Å²) in [5.74, 6) is -0.267. The second-order valence-electron chi connectivity index (χ2n) is 6.68. The first-order chi connectivity index (χ1) is 13.7. The first-order valence-electron chi connectivity index (χ1n) is 9.21. The van der Waals surface area contributed by atoms with E-state index >= 15 is 0 Å². The Balaban J connectivity index is 1.78. The molecular formula is C21H21FN4OS. The van der Waals surface area contributed by atoms with Gasteiger partial charge in [0.1, 0.15) is 5.82 Å². The van der Waals surface area contributed by atoms with Gasteiger partial charge in [-0.25, -0.2) is 4.39 Å². The molecule has 1 aliphatic rings. The molecule has 4 rings (SSSR count). The van der Waals surface area contributed by atoms with E-state index in [4.69, 9.17) is 12.2 Å². The van der Waals surface area contributed by atoms with Crippen molar-refractivity contribution < 1.29 is 9.50 Å². The fraction of sp³-hybridized carbons (Fsp3) is 0.238. The summed E-state index contributed by atoms with van der Waals surface area (Å²) in [6.45, 7) is 0.726. The van der Waals surface area contributed by atoms with E-state index in [-0.39, 0.29) is 24.5 Å². The van der Waals surface area contributed by atoms with Crippen molar-refractivity contribution in [2.24, 2.45) is 0 Å². The standard InChI is InChI=1S/C21H21FN4OS/c22-15-7-9-16(10-8-15)25-12-3-6-18(25)20-19(17-5-1-2-11-23-17)24-21(28)26(20)13-4-14-27/h1-3,5-12,19-20,27H,4,13-14H2,(H,24,28)/t19-,20-/m0/s1. The number of rotatable bonds is 6. The van der Waals surface area contributed by atoms with E-state index in [2.05, 4.69) is 15.2 Å². The number of nitrogens with zero attached hydrogens (tertiary/aromatic N) is 3. The van der Waals surface area contributed by atoms with Crippen LogP contribution in [0.2, 0.25) is 0 Å². The van der Waals surface area contributed by atoms with Crippen LogP contribution in [0, 0.1) is 5.82 Å². The highest BCUT2D eigenvalue weighted by Gasteiger charge is 2.40. The summed E-state index contributed by atoms with van der Waals surface area (Å²) in [6.07, 6.45) is 4.35. The third-order valence-electron chi connectivity index (χ3n) is 4.94. The number of hydrogen-bond acceptors (Lipinski definition) is 3. The molecule has 28 heavy (non-hydrogen) atoms. The quantitative estimate of drug-likeness (QED) is 0.626. The smallest absolute Gasteiger partial charge is 0.170 e. The zero-order valence-corrected chi connectivity index (χ0v) is 16.0. The number of hydrogen-bond donors (Lipinski definition) is 2. The summed E-state index contributed by atoms with van der Waals surface area (Å²) < 4.78 is 15.4. The van der Waals surface area contributed by atoms with Gasteiger partial charge in [-0.3, -0.25) is 4.98 Å². The number of pyridine rings is 1. The molecule has 144 valence electrons. The molecule has 0 aliphatic carbocycles. The molecule has 0 saturated carbocycles. The molecule has 5 nitrogen and oxygen atoms in total. The number of halogens is 1. The molecule has 1 aromatic carbocycles. The summed E-state index contributed by atoms with van der Waals surface area (Å²) in [5, 5.41) is 13.4. The van der Waals surface area contributed by atoms with Gasteiger partial charge in [0.2, 0.25) is 0 Å². The molecule has 0 amide bonds. The van der Waals surface area contributed by atoms with Gasteiger partial charge in [0, 0.05) is 36.9 Å². The van der Waals surface area contributed by atoms with E-state index in [9.17, 15) is 9.50 Å². The second-order valence-corrected chi connectivity index (χ2v) is 7.06. The lowest BCUT2D eigenvalue weighted by Gasteiger charge is -2.28. The molecular weight excluding hydrogens is 375 g/mol. The maximum absolute atomic E-state index is 13.4. The highest BCUT2D eigenvalue weighted by Crippen LogP contribution is 2.39. The first-order valence-corrected chi connectivity index (χ1v) is 9.62. The lowest BCUT2D eigenvalue weighted by atomic mass is 10.0. The van der Waals surface area contributed by atoms with Gasteiger partial charge in [-0.05, 0) is 67.2 Å². The Bertz CT molecular complexity index is 945. The van der Waals surface area contributed by atoms with Gasteiger partial charge >= 0.3 is 0 Å². The summed E-state index contributed by atoms with van der Waals surface area (Å²) in [6, 6.07) is 16.0. The van der Waals surface area contributed by atoms with Crippen molar-refractivity contribution in [3.8, 4) is 5.69 Å². The highest BCUT2D eigenvalue weighted by molar-refractivity contribution is 7.80. The lowest BCUT2D eigenvalue weighted by Crippen LogP contribution is -2.31. The molecule has 1 fully saturated rings. The summed E-state index contributed by atoms with van der Waals surface area (Å²) in [7, 11) is 0. The summed E-state index contributed by atoms with van der Waals surface area (Å²) in [4.78, 5) is 6.62. The SMILES string of the molecule is OCCCN1C(=S)N[C@@H](c2ccccn2)[C@@H]1c1cccn1-c1ccc(F)cc1. The molecule has 3 heterocycles. The predicted molar refractivity (Wildman–Crippen MR) is 110 cm³/mol. The van der Waals surface area contributed by atoms with Gasteiger partial charge in [-0.1, -0.05) is 6.07 Å². The van der Waals surface area contributed by atoms with Gasteiger partial charge in [-0.2, -0.15) is 0 Å². The van der Waals surface area contributed by atoms with Crippen molar-refractivity contribution >= 4 is 17.3 Å². The molecule has 0 radical (unpaired) electrons. The molecule has 0 bridgehead atoms. The average Bonchev–Trinajstić information content (AvgIpc) is 3.32. The Kier molecular flexibility index (Phi) is 5.36. The fourth-order valence-corrected chi connectivity index (χ4v) is 4.01. The number of aliphatic hydroxyl groups is 1. The number of thiocarbonyl (C=S) groups is 1. The zero-order valence-electron chi connectivity index (χ0n) is 15.2. The maximum Gasteiger partial charge on any atom is 0.170 e. The normalized spacial score (nSPS) is 19.1. The van der Waals surface area contributed by atoms with E-state index in [0.717, 1.165) is 17.1 Å². The van der Waals surface area contributed by atoms with E-state index in [0.29, 0.717) is 18.1 Å². The number of aromatic nitrogens is 2. The van der Waals surface area contributed by atoms with Crippen LogP contribution in [0.1, 0.15) is 29.9 Å². The van der Waals surface area contributed by atoms with E-state index in [1.165, 1.54) is 12.1 Å². The third-order valence-corrected chi connectivity index (χ3v) is 5.30. The van der Waals surface area contributed by atoms with Crippen molar-refractivity contribution in [2.75, 3.05) is 13.2 Å². The van der Waals surface area contributed by atoms with Gasteiger partial charge in [0.05, 0.1) is 17.8 Å². The Labute approximate surface area is 168 Å². The van der Waals surface area contributed by atoms with Crippen molar-refractivity contribution in [1.29, 1.82) is 0 Å². The van der Waals surface area contributed by atoms with Crippen LogP contribution in [0.15, 0.2) is 67.0 Å². The van der Waals surface area contributed by atoms with Crippen LogP contribution in [0.3, 0.4) is 0 Å². The van der Waals surface area contributed by atoms with E-state index < -0.39 is 0 Å². The van der Waals surface area contributed by atoms with E-state index in [1.54, 1.807) is 18.3 Å². The van der Waals surface area contributed by atoms with Crippen molar-refractivity contribution in [1.82, 2.24) is 19.8 Å². The monoisotopic (exact) mass is 396 g/mol. The van der Waals surface area contributed by atoms with Crippen molar-refractivity contribution in [2.45, 2.75) is 18.5 Å². The number of benzene rings is 1. The predicted octanol–water partition coefficient (Wildman–Crippen LogP) is 3.37. The van der Waals surface area contributed by atoms with Gasteiger partial charge in [0.15, 0.2) is 5.11 Å². The van der Waals surface area contributed by atoms with Crippen LogP contribution in [0.25, 0.3) is 5.69 Å². The molecule has 1 saturated heterocycles. The van der Waals surface area contributed by atoms with E-state index in [1.807, 2.05) is 41.1 Å². The summed E-state index contributed by atoms with van der Waals surface area (Å²) in [5.41, 5.74) is 2.79. The van der Waals surface area contributed by atoms with Crippen LogP contribution in [-0.2, 0) is 0 Å². The van der Waals surface area contributed by atoms with Gasteiger partial charge in [0.25, 0.3) is 0 Å². The topological polar surface area (TPSA) is 53.3 Å². The Hall–Kier alpha value is -2.77. The largest absolute Gasteiger partial charge is 0.396 e. The fourth-order valence-electron chi connectivity index (χ4n) is 3.68. The van der Waals surface area contributed by atoms with Gasteiger partial charge < -0.3 is 19.9 Å². The molecule has 7 heteroatoms. The molecule has 2 atom stereocenters. The maximum atomic E-state index is 13.4. The minimum atomic E-state index is -0.267. The number of aliphatic hydroxyl groups excluding tert-OH is 1. The summed E-state index contributed by atoms with van der Waals surface area (Å²) >= 11 is 5.61. The number of nitrogens with one attached hydrogen (secondary N) is 1. The van der Waals surface area contributed by atoms with Crippen LogP contribution in [0.4, 0.5) is 4.39 Å². The van der Waals surface area contributed by atoms with Crippen LogP contribution in [-0.4, -0.2) is 37.8 Å². The first kappa shape index (κ1) is 18.6. The average molecular weight is 396 g/mol. The Morgan fingerprint density at radius 3 is 2.64 bits per heavy atom. The van der Waals surface area contributed by atoms with Crippen molar-refractivity contribution in [3.05, 3.63) is 84.2 Å². The van der Waals surface area contributed by atoms with Gasteiger partial charge in [-0.15, -0.1) is 0 Å². The molecule has 2 N–H and O–H groups in total. The third kappa shape index (κ3) is 3.50. The second kappa shape index (κ2) is 8.08. The molecule has 0 unspecified atom stereocenters. The Morgan fingerprint density at radius 1 is 1.11 bits per heavy atom. The molecule has 0 spiro atoms. The van der Waals surface area contributed by atoms with Crippen molar-refractivity contribution in [3.63, 3.8) is 0 Å². The lowest BCUT2D eigenvalue weighted by molar-refractivity contribution is 0.245. The highest BCUT2D eigenvalue weighted by atomic mass is 32.1. The minimum absolute atomic E-state index is 0.0963. The minimum Gasteiger partial charge on any atom is -0.396 e. The van der Waals surface area contributed by atoms with Crippen LogP contribution < -0.4 is 5.32 Å². The molecule has 1 aliphatic heterocycles. The molecule has 3 aromatic rings. The van der Waals surface area contributed by atoms with Crippen LogP contribution in [0.5, 0.6) is 0 Å². The zero-order chi connectivity index (χ0) is 19.5. The Morgan fingerprint density at radius 2 is 1.93 bits per heavy atom. The molecule has 2 aromatic heterocycles.